The summed E-state index contributed by atoms with van der Waals surface area (Å²) in [5.41, 5.74) is 2.91. The molecule has 3 nitrogen and oxygen atoms in total. The minimum atomic E-state index is -0.131. The number of hydrogen-bond donors (Lipinski definition) is 1. The summed E-state index contributed by atoms with van der Waals surface area (Å²) in [6.07, 6.45) is 9.63. The molecular weight excluding hydrogens is 322 g/mol. The molecule has 0 spiro atoms. The number of amides is 1. The normalized spacial score (nSPS) is 40.7. The van der Waals surface area contributed by atoms with Gasteiger partial charge in [-0.15, -0.1) is 0 Å². The van der Waals surface area contributed by atoms with Crippen LogP contribution in [-0.4, -0.2) is 25.2 Å². The van der Waals surface area contributed by atoms with Gasteiger partial charge in [0.2, 0.25) is 5.91 Å². The molecule has 5 atom stereocenters. The smallest absolute Gasteiger partial charge is 0.226 e. The number of hydrogen-bond acceptors (Lipinski definition) is 2. The van der Waals surface area contributed by atoms with Crippen LogP contribution in [0.5, 0.6) is 0 Å². The van der Waals surface area contributed by atoms with Gasteiger partial charge in [-0.2, -0.15) is 0 Å². The Hall–Kier alpha value is -1.35. The molecule has 1 aromatic rings. The number of carbonyl (C=O) groups excluding carboxylic acids is 1. The Morgan fingerprint density at radius 2 is 1.88 bits per heavy atom. The summed E-state index contributed by atoms with van der Waals surface area (Å²) in [4.78, 5) is 13.3. The molecule has 140 valence electrons. The number of carbonyl (C=O) groups is 1. The molecule has 1 aromatic carbocycles. The Morgan fingerprint density at radius 3 is 2.54 bits per heavy atom. The minimum Gasteiger partial charge on any atom is -0.376 e. The van der Waals surface area contributed by atoms with Crippen molar-refractivity contribution in [1.29, 1.82) is 0 Å². The van der Waals surface area contributed by atoms with E-state index >= 15 is 0 Å². The lowest BCUT2D eigenvalue weighted by atomic mass is 9.42. The van der Waals surface area contributed by atoms with Crippen LogP contribution in [0, 0.1) is 24.2 Å². The van der Waals surface area contributed by atoms with E-state index in [4.69, 9.17) is 4.74 Å². The summed E-state index contributed by atoms with van der Waals surface area (Å²) in [7, 11) is 0. The van der Waals surface area contributed by atoms with E-state index < -0.39 is 0 Å². The fraction of sp³-hybridized carbons (Fsp3) is 0.696. The number of ether oxygens (including phenoxy) is 1. The number of nitrogens with one attached hydrogen (secondary N) is 1. The van der Waals surface area contributed by atoms with Crippen molar-refractivity contribution in [3.63, 3.8) is 0 Å². The molecule has 1 N–H and O–H groups in total. The first kappa shape index (κ1) is 16.8. The van der Waals surface area contributed by atoms with Crippen molar-refractivity contribution in [2.24, 2.45) is 17.3 Å². The van der Waals surface area contributed by atoms with E-state index in [1.165, 1.54) is 30.4 Å². The van der Waals surface area contributed by atoms with Crippen molar-refractivity contribution in [2.75, 3.05) is 13.2 Å². The average Bonchev–Trinajstić information content (AvgIpc) is 3.12. The van der Waals surface area contributed by atoms with Gasteiger partial charge in [-0.1, -0.05) is 29.8 Å². The Balaban J connectivity index is 1.39. The lowest BCUT2D eigenvalue weighted by molar-refractivity contribution is -0.149. The van der Waals surface area contributed by atoms with Crippen LogP contribution in [-0.2, 0) is 14.9 Å². The van der Waals surface area contributed by atoms with Crippen LogP contribution in [0.25, 0.3) is 0 Å². The molecule has 2 unspecified atom stereocenters. The second-order valence-corrected chi connectivity index (χ2v) is 9.73. The monoisotopic (exact) mass is 353 g/mol. The van der Waals surface area contributed by atoms with Gasteiger partial charge >= 0.3 is 0 Å². The van der Waals surface area contributed by atoms with Gasteiger partial charge in [-0.25, -0.2) is 0 Å². The molecule has 1 amide bonds. The number of benzene rings is 1. The molecule has 4 aliphatic carbocycles. The van der Waals surface area contributed by atoms with Gasteiger partial charge in [0.25, 0.3) is 0 Å². The van der Waals surface area contributed by atoms with E-state index in [0.717, 1.165) is 50.5 Å². The highest BCUT2D eigenvalue weighted by atomic mass is 16.5. The molecule has 0 radical (unpaired) electrons. The first-order chi connectivity index (χ1) is 12.6. The maximum absolute atomic E-state index is 13.3. The Morgan fingerprint density at radius 1 is 1.15 bits per heavy atom. The summed E-state index contributed by atoms with van der Waals surface area (Å²) in [6.45, 7) is 3.71. The van der Waals surface area contributed by atoms with Crippen molar-refractivity contribution in [3.8, 4) is 0 Å². The van der Waals surface area contributed by atoms with Crippen LogP contribution in [0.2, 0.25) is 0 Å². The minimum absolute atomic E-state index is 0.131. The quantitative estimate of drug-likeness (QED) is 0.884. The third kappa shape index (κ3) is 2.70. The van der Waals surface area contributed by atoms with Crippen LogP contribution in [0.3, 0.4) is 0 Å². The van der Waals surface area contributed by atoms with Crippen LogP contribution in [0.1, 0.15) is 62.5 Å². The number of aryl methyl sites for hydroxylation is 1. The van der Waals surface area contributed by atoms with E-state index in [9.17, 15) is 4.79 Å². The molecule has 6 rings (SSSR count). The van der Waals surface area contributed by atoms with E-state index in [-0.39, 0.29) is 16.9 Å². The van der Waals surface area contributed by atoms with Gasteiger partial charge in [0.05, 0.1) is 11.5 Å². The second-order valence-electron chi connectivity index (χ2n) is 9.73. The second kappa shape index (κ2) is 6.09. The lowest BCUT2D eigenvalue weighted by Crippen LogP contribution is -2.59. The van der Waals surface area contributed by atoms with Crippen molar-refractivity contribution < 1.29 is 9.53 Å². The Bertz CT molecular complexity index is 675. The highest BCUT2D eigenvalue weighted by molar-refractivity contribution is 5.83. The maximum atomic E-state index is 13.3. The highest BCUT2D eigenvalue weighted by Crippen LogP contribution is 2.65. The fourth-order valence-corrected chi connectivity index (χ4v) is 6.97. The zero-order chi connectivity index (χ0) is 17.8. The third-order valence-electron chi connectivity index (χ3n) is 7.72. The molecule has 5 fully saturated rings. The van der Waals surface area contributed by atoms with Gasteiger partial charge in [0, 0.05) is 13.2 Å². The topological polar surface area (TPSA) is 38.3 Å². The van der Waals surface area contributed by atoms with Gasteiger partial charge in [0.1, 0.15) is 0 Å². The van der Waals surface area contributed by atoms with Crippen molar-refractivity contribution in [2.45, 2.75) is 69.8 Å². The predicted molar refractivity (Wildman–Crippen MR) is 102 cm³/mol. The maximum Gasteiger partial charge on any atom is 0.226 e. The van der Waals surface area contributed by atoms with Crippen LogP contribution < -0.4 is 5.32 Å². The fourth-order valence-electron chi connectivity index (χ4n) is 6.97. The van der Waals surface area contributed by atoms with E-state index in [1.54, 1.807) is 0 Å². The van der Waals surface area contributed by atoms with E-state index in [1.807, 2.05) is 0 Å². The summed E-state index contributed by atoms with van der Waals surface area (Å²) >= 11 is 0. The zero-order valence-electron chi connectivity index (χ0n) is 15.9. The Labute approximate surface area is 156 Å². The van der Waals surface area contributed by atoms with Crippen LogP contribution in [0.4, 0.5) is 0 Å². The van der Waals surface area contributed by atoms with Crippen LogP contribution >= 0.6 is 0 Å². The van der Waals surface area contributed by atoms with Crippen molar-refractivity contribution in [3.05, 3.63) is 35.4 Å². The molecule has 1 heterocycles. The molecule has 4 bridgehead atoms. The Kier molecular flexibility index (Phi) is 3.93. The largest absolute Gasteiger partial charge is 0.376 e. The summed E-state index contributed by atoms with van der Waals surface area (Å²) in [5, 5.41) is 3.30. The van der Waals surface area contributed by atoms with Crippen LogP contribution in [0.15, 0.2) is 24.3 Å². The van der Waals surface area contributed by atoms with E-state index in [0.29, 0.717) is 12.5 Å². The predicted octanol–water partition coefficient (Wildman–Crippen LogP) is 4.13. The molecule has 0 aromatic heterocycles. The van der Waals surface area contributed by atoms with Gasteiger partial charge in [-0.05, 0) is 81.1 Å². The van der Waals surface area contributed by atoms with Crippen molar-refractivity contribution >= 4 is 5.91 Å². The van der Waals surface area contributed by atoms with Gasteiger partial charge in [0.15, 0.2) is 0 Å². The molecule has 1 aliphatic heterocycles. The summed E-state index contributed by atoms with van der Waals surface area (Å²) < 4.78 is 5.71. The van der Waals surface area contributed by atoms with Gasteiger partial charge < -0.3 is 10.1 Å². The molecule has 26 heavy (non-hydrogen) atoms. The lowest BCUT2D eigenvalue weighted by Gasteiger charge is -2.61. The molecule has 1 saturated heterocycles. The van der Waals surface area contributed by atoms with E-state index in [2.05, 4.69) is 36.5 Å². The standard InChI is InChI=1S/C23H31NO2/c1-16-4-6-19(7-5-16)22-10-17-9-18(11-22)13-23(12-17,15-22)21(25)24-14-20-3-2-8-26-20/h4-7,17-18,20H,2-3,8-15H2,1H3,(H,24,25)/t17-,18+,20-,22?,23?/m0/s1. The molecular formula is C23H31NO2. The number of rotatable bonds is 4. The van der Waals surface area contributed by atoms with Gasteiger partial charge in [-0.3, -0.25) is 4.79 Å². The molecule has 5 aliphatic rings. The first-order valence-electron chi connectivity index (χ1n) is 10.5. The third-order valence-corrected chi connectivity index (χ3v) is 7.72. The van der Waals surface area contributed by atoms with Crippen molar-refractivity contribution in [1.82, 2.24) is 5.32 Å². The SMILES string of the molecule is Cc1ccc(C23C[C@@H]4C[C@@H](CC(C(=O)NC[C@@H]5CCCO5)(C4)C2)C3)cc1. The molecule has 4 saturated carbocycles. The highest BCUT2D eigenvalue weighted by Gasteiger charge is 2.60. The summed E-state index contributed by atoms with van der Waals surface area (Å²) in [6, 6.07) is 9.16. The average molecular weight is 354 g/mol. The zero-order valence-corrected chi connectivity index (χ0v) is 15.9. The summed E-state index contributed by atoms with van der Waals surface area (Å²) in [5.74, 6) is 1.77. The first-order valence-corrected chi connectivity index (χ1v) is 10.5. The molecule has 3 heteroatoms.